The second kappa shape index (κ2) is 5.89. The van der Waals surface area contributed by atoms with Gasteiger partial charge in [-0.15, -0.1) is 0 Å². The van der Waals surface area contributed by atoms with E-state index < -0.39 is 0 Å². The third kappa shape index (κ3) is 2.13. The number of nitrogens with one attached hydrogen (secondary N) is 1. The topological polar surface area (TPSA) is 21.9 Å². The predicted molar refractivity (Wildman–Crippen MR) is 124 cm³/mol. The molecule has 29 heavy (non-hydrogen) atoms. The number of benzene rings is 4. The Balaban J connectivity index is 1.88. The maximum Gasteiger partial charge on any atom is 0.0641 e. The van der Waals surface area contributed by atoms with Gasteiger partial charge in [0.05, 0.1) is 16.6 Å². The van der Waals surface area contributed by atoms with Crippen LogP contribution in [0.5, 0.6) is 0 Å². The second-order valence-electron chi connectivity index (χ2n) is 7.58. The van der Waals surface area contributed by atoms with E-state index in [-0.39, 0.29) is 0 Å². The zero-order valence-electron chi connectivity index (χ0n) is 16.5. The lowest BCUT2D eigenvalue weighted by molar-refractivity contribution is 1.01. The molecule has 0 unspecified atom stereocenters. The fourth-order valence-corrected chi connectivity index (χ4v) is 4.74. The molecule has 6 aromatic rings. The van der Waals surface area contributed by atoms with Crippen molar-refractivity contribution in [3.05, 3.63) is 84.9 Å². The van der Waals surface area contributed by atoms with E-state index in [2.05, 4.69) is 106 Å². The molecule has 0 aliphatic rings. The van der Waals surface area contributed by atoms with Crippen molar-refractivity contribution in [1.82, 2.24) is 9.13 Å². The first-order chi connectivity index (χ1) is 14.3. The van der Waals surface area contributed by atoms with Crippen molar-refractivity contribution in [1.29, 1.82) is 0 Å². The number of nitrogens with zero attached hydrogens (tertiary/aromatic N) is 2. The number of aromatic nitrogens is 2. The summed E-state index contributed by atoms with van der Waals surface area (Å²) in [6.07, 6.45) is 0. The zero-order chi connectivity index (χ0) is 19.5. The van der Waals surface area contributed by atoms with Crippen molar-refractivity contribution in [3.8, 4) is 5.69 Å². The van der Waals surface area contributed by atoms with Crippen LogP contribution < -0.4 is 5.32 Å². The van der Waals surface area contributed by atoms with Gasteiger partial charge in [-0.05, 0) is 42.5 Å². The number of rotatable bonds is 2. The number of aryl methyl sites for hydroxylation is 1. The molecule has 0 fully saturated rings. The summed E-state index contributed by atoms with van der Waals surface area (Å²) in [6, 6.07) is 30.6. The molecule has 4 aromatic carbocycles. The Morgan fingerprint density at radius 2 is 1.31 bits per heavy atom. The number of para-hydroxylation sites is 2. The maximum atomic E-state index is 3.22. The molecule has 3 heteroatoms. The molecule has 0 amide bonds. The first kappa shape index (κ1) is 16.3. The third-order valence-corrected chi connectivity index (χ3v) is 6.12. The van der Waals surface area contributed by atoms with E-state index in [9.17, 15) is 0 Å². The third-order valence-electron chi connectivity index (χ3n) is 6.12. The van der Waals surface area contributed by atoms with Gasteiger partial charge in [-0.2, -0.15) is 0 Å². The molecule has 0 saturated heterocycles. The Morgan fingerprint density at radius 3 is 2.07 bits per heavy atom. The summed E-state index contributed by atoms with van der Waals surface area (Å²) < 4.78 is 4.72. The van der Waals surface area contributed by atoms with Gasteiger partial charge in [0.1, 0.15) is 0 Å². The van der Waals surface area contributed by atoms with Crippen LogP contribution in [0.4, 0.5) is 5.69 Å². The van der Waals surface area contributed by atoms with Crippen LogP contribution in [0.1, 0.15) is 0 Å². The molecule has 2 heterocycles. The lowest BCUT2D eigenvalue weighted by Crippen LogP contribution is -1.95. The Hall–Kier alpha value is -3.72. The standard InChI is InChI=1S/C26H21N3/c1-27-17-11-13-18(14-12-17)29-23-10-6-3-7-19(23)20-15-16-24-25(26(20)29)21-8-4-5-9-22(21)28(24)2/h3-16,27H,1-2H3. The Labute approximate surface area is 168 Å². The molecule has 140 valence electrons. The van der Waals surface area contributed by atoms with Crippen LogP contribution in [0.2, 0.25) is 0 Å². The van der Waals surface area contributed by atoms with E-state index in [0.29, 0.717) is 0 Å². The van der Waals surface area contributed by atoms with Gasteiger partial charge in [-0.3, -0.25) is 0 Å². The van der Waals surface area contributed by atoms with Crippen molar-refractivity contribution >= 4 is 49.3 Å². The molecule has 0 radical (unpaired) electrons. The highest BCUT2D eigenvalue weighted by Gasteiger charge is 2.18. The minimum Gasteiger partial charge on any atom is -0.388 e. The smallest absolute Gasteiger partial charge is 0.0641 e. The largest absolute Gasteiger partial charge is 0.388 e. The molecule has 0 atom stereocenters. The zero-order valence-corrected chi connectivity index (χ0v) is 16.5. The average Bonchev–Trinajstić information content (AvgIpc) is 3.27. The SMILES string of the molecule is CNc1ccc(-n2c3ccccc3c3ccc4c(c5ccccc5n4C)c32)cc1. The molecule has 0 bridgehead atoms. The lowest BCUT2D eigenvalue weighted by atomic mass is 10.1. The van der Waals surface area contributed by atoms with Crippen molar-refractivity contribution in [2.75, 3.05) is 12.4 Å². The average molecular weight is 375 g/mol. The van der Waals surface area contributed by atoms with E-state index >= 15 is 0 Å². The van der Waals surface area contributed by atoms with Crippen LogP contribution in [0.3, 0.4) is 0 Å². The van der Waals surface area contributed by atoms with Crippen LogP contribution >= 0.6 is 0 Å². The highest BCUT2D eigenvalue weighted by Crippen LogP contribution is 2.40. The first-order valence-corrected chi connectivity index (χ1v) is 9.95. The Bertz CT molecular complexity index is 1530. The van der Waals surface area contributed by atoms with E-state index in [1.807, 2.05) is 7.05 Å². The van der Waals surface area contributed by atoms with E-state index in [4.69, 9.17) is 0 Å². The molecule has 0 aliphatic carbocycles. The van der Waals surface area contributed by atoms with Gasteiger partial charge in [0.25, 0.3) is 0 Å². The van der Waals surface area contributed by atoms with Crippen LogP contribution in [0.25, 0.3) is 49.3 Å². The number of anilines is 1. The second-order valence-corrected chi connectivity index (χ2v) is 7.58. The van der Waals surface area contributed by atoms with Gasteiger partial charge < -0.3 is 14.5 Å². The quantitative estimate of drug-likeness (QED) is 0.368. The number of hydrogen-bond acceptors (Lipinski definition) is 1. The summed E-state index contributed by atoms with van der Waals surface area (Å²) in [5.74, 6) is 0. The molecule has 3 nitrogen and oxygen atoms in total. The maximum absolute atomic E-state index is 3.22. The highest BCUT2D eigenvalue weighted by atomic mass is 15.0. The Kier molecular flexibility index (Phi) is 3.30. The Morgan fingerprint density at radius 1 is 0.621 bits per heavy atom. The van der Waals surface area contributed by atoms with Crippen molar-refractivity contribution in [3.63, 3.8) is 0 Å². The van der Waals surface area contributed by atoms with Crippen LogP contribution in [-0.2, 0) is 7.05 Å². The van der Waals surface area contributed by atoms with E-state index in [1.54, 1.807) is 0 Å². The number of fused-ring (bicyclic) bond motifs is 7. The molecule has 0 saturated carbocycles. The normalized spacial score (nSPS) is 11.8. The molecule has 0 spiro atoms. The molecule has 0 aliphatic heterocycles. The molecular formula is C26H21N3. The molecule has 2 aromatic heterocycles. The van der Waals surface area contributed by atoms with Gasteiger partial charge in [0, 0.05) is 52.5 Å². The van der Waals surface area contributed by atoms with Crippen LogP contribution in [0, 0.1) is 0 Å². The summed E-state index contributed by atoms with van der Waals surface area (Å²) in [6.45, 7) is 0. The summed E-state index contributed by atoms with van der Waals surface area (Å²) in [5, 5.41) is 8.41. The van der Waals surface area contributed by atoms with E-state index in [0.717, 1.165) is 5.69 Å². The van der Waals surface area contributed by atoms with Gasteiger partial charge in [0.2, 0.25) is 0 Å². The summed E-state index contributed by atoms with van der Waals surface area (Å²) >= 11 is 0. The lowest BCUT2D eigenvalue weighted by Gasteiger charge is -2.10. The first-order valence-electron chi connectivity index (χ1n) is 9.95. The van der Waals surface area contributed by atoms with Gasteiger partial charge in [0.15, 0.2) is 0 Å². The minimum atomic E-state index is 1.12. The van der Waals surface area contributed by atoms with Crippen molar-refractivity contribution in [2.24, 2.45) is 7.05 Å². The highest BCUT2D eigenvalue weighted by molar-refractivity contribution is 6.25. The fourth-order valence-electron chi connectivity index (χ4n) is 4.74. The minimum absolute atomic E-state index is 1.12. The predicted octanol–water partition coefficient (Wildman–Crippen LogP) is 6.47. The monoisotopic (exact) mass is 375 g/mol. The number of hydrogen-bond donors (Lipinski definition) is 1. The van der Waals surface area contributed by atoms with Crippen molar-refractivity contribution < 1.29 is 0 Å². The fraction of sp³-hybridized carbons (Fsp3) is 0.0769. The molecule has 6 rings (SSSR count). The summed E-state index contributed by atoms with van der Waals surface area (Å²) in [5.41, 5.74) is 7.32. The molecular weight excluding hydrogens is 354 g/mol. The van der Waals surface area contributed by atoms with Gasteiger partial charge in [-0.1, -0.05) is 42.5 Å². The molecule has 1 N–H and O–H groups in total. The van der Waals surface area contributed by atoms with Gasteiger partial charge in [-0.25, -0.2) is 0 Å². The van der Waals surface area contributed by atoms with Crippen LogP contribution in [-0.4, -0.2) is 16.2 Å². The van der Waals surface area contributed by atoms with Crippen molar-refractivity contribution in [2.45, 2.75) is 0 Å². The summed E-state index contributed by atoms with van der Waals surface area (Å²) in [4.78, 5) is 0. The van der Waals surface area contributed by atoms with Gasteiger partial charge >= 0.3 is 0 Å². The summed E-state index contributed by atoms with van der Waals surface area (Å²) in [7, 11) is 4.11. The van der Waals surface area contributed by atoms with Crippen LogP contribution in [0.15, 0.2) is 84.9 Å². The van der Waals surface area contributed by atoms with E-state index in [1.165, 1.54) is 49.3 Å².